The van der Waals surface area contributed by atoms with Crippen LogP contribution in [0.5, 0.6) is 0 Å². The normalized spacial score (nSPS) is 14.3. The van der Waals surface area contributed by atoms with E-state index in [9.17, 15) is 14.4 Å². The molecule has 0 aliphatic carbocycles. The third-order valence-electron chi connectivity index (χ3n) is 6.03. The van der Waals surface area contributed by atoms with Crippen LogP contribution in [0.15, 0.2) is 48.4 Å². The van der Waals surface area contributed by atoms with Crippen LogP contribution in [0.4, 0.5) is 0 Å². The van der Waals surface area contributed by atoms with Crippen molar-refractivity contribution in [3.63, 3.8) is 0 Å². The summed E-state index contributed by atoms with van der Waals surface area (Å²) in [5.74, 6) is -1.17. The van der Waals surface area contributed by atoms with Crippen LogP contribution in [-0.2, 0) is 25.5 Å². The summed E-state index contributed by atoms with van der Waals surface area (Å²) in [5, 5.41) is 8.55. The van der Waals surface area contributed by atoms with Crippen LogP contribution in [0, 0.1) is 11.8 Å². The number of carbonyl (C=O) groups is 3. The molecule has 1 amide bonds. The van der Waals surface area contributed by atoms with Gasteiger partial charge in [-0.3, -0.25) is 14.4 Å². The molecule has 0 unspecified atom stereocenters. The number of carbonyl (C=O) groups excluding carboxylic acids is 3. The molecular formula is C28H39N3O5S. The molecule has 1 aromatic carbocycles. The average Bonchev–Trinajstić information content (AvgIpc) is 3.35. The highest BCUT2D eigenvalue weighted by atomic mass is 32.1. The Hall–Kier alpha value is -3.04. The molecule has 1 aromatic heterocycles. The van der Waals surface area contributed by atoms with E-state index in [4.69, 9.17) is 9.47 Å². The van der Waals surface area contributed by atoms with Gasteiger partial charge in [0.05, 0.1) is 5.92 Å². The fraction of sp³-hybridized carbons (Fsp3) is 0.500. The van der Waals surface area contributed by atoms with Crippen molar-refractivity contribution in [3.05, 3.63) is 64.6 Å². The molecular weight excluding hydrogens is 490 g/mol. The Balaban J connectivity index is 2.18. The van der Waals surface area contributed by atoms with Gasteiger partial charge in [-0.15, -0.1) is 11.3 Å². The second-order valence-electron chi connectivity index (χ2n) is 9.46. The lowest BCUT2D eigenvalue weighted by atomic mass is 9.96. The van der Waals surface area contributed by atoms with E-state index >= 15 is 0 Å². The van der Waals surface area contributed by atoms with Crippen LogP contribution in [0.1, 0.15) is 67.7 Å². The van der Waals surface area contributed by atoms with Crippen LogP contribution in [-0.4, -0.2) is 48.6 Å². The molecule has 0 spiro atoms. The summed E-state index contributed by atoms with van der Waals surface area (Å²) >= 11 is 1.29. The molecule has 202 valence electrons. The molecule has 8 nitrogen and oxygen atoms in total. The average molecular weight is 530 g/mol. The van der Waals surface area contributed by atoms with E-state index < -0.39 is 18.0 Å². The van der Waals surface area contributed by atoms with Gasteiger partial charge in [-0.2, -0.15) is 0 Å². The molecule has 9 heteroatoms. The summed E-state index contributed by atoms with van der Waals surface area (Å²) in [6.07, 6.45) is 2.47. The number of amides is 1. The van der Waals surface area contributed by atoms with Gasteiger partial charge in [-0.1, -0.05) is 63.8 Å². The van der Waals surface area contributed by atoms with Crippen LogP contribution >= 0.6 is 11.3 Å². The van der Waals surface area contributed by atoms with E-state index in [1.165, 1.54) is 24.3 Å². The van der Waals surface area contributed by atoms with Crippen molar-refractivity contribution in [3.8, 4) is 0 Å². The molecule has 2 rings (SSSR count). The third-order valence-corrected chi connectivity index (χ3v) is 6.96. The number of nitrogens with zero attached hydrogens (tertiary/aromatic N) is 1. The minimum absolute atomic E-state index is 0.114. The van der Waals surface area contributed by atoms with Crippen molar-refractivity contribution < 1.29 is 23.9 Å². The zero-order chi connectivity index (χ0) is 27.4. The molecule has 1 heterocycles. The van der Waals surface area contributed by atoms with E-state index in [2.05, 4.69) is 36.0 Å². The predicted octanol–water partition coefficient (Wildman–Crippen LogP) is 4.48. The summed E-state index contributed by atoms with van der Waals surface area (Å²) in [6, 6.07) is 9.57. The molecule has 4 atom stereocenters. The summed E-state index contributed by atoms with van der Waals surface area (Å²) < 4.78 is 10.7. The fourth-order valence-corrected chi connectivity index (χ4v) is 4.89. The summed E-state index contributed by atoms with van der Waals surface area (Å²) in [4.78, 5) is 41.8. The maximum atomic E-state index is 13.2. The predicted molar refractivity (Wildman–Crippen MR) is 145 cm³/mol. The van der Waals surface area contributed by atoms with Crippen molar-refractivity contribution in [2.75, 3.05) is 13.7 Å². The number of ether oxygens (including phenoxy) is 2. The number of nitrogens with one attached hydrogen (secondary N) is 2. The van der Waals surface area contributed by atoms with Crippen molar-refractivity contribution in [1.82, 2.24) is 15.6 Å². The highest BCUT2D eigenvalue weighted by molar-refractivity contribution is 7.09. The van der Waals surface area contributed by atoms with Gasteiger partial charge in [0, 0.05) is 30.8 Å². The summed E-state index contributed by atoms with van der Waals surface area (Å²) in [7, 11) is 1.87. The van der Waals surface area contributed by atoms with Gasteiger partial charge in [0.2, 0.25) is 0 Å². The van der Waals surface area contributed by atoms with Crippen molar-refractivity contribution in [2.45, 2.75) is 65.1 Å². The second kappa shape index (κ2) is 15.3. The van der Waals surface area contributed by atoms with E-state index in [0.29, 0.717) is 30.2 Å². The van der Waals surface area contributed by atoms with Gasteiger partial charge >= 0.3 is 11.9 Å². The number of thiazole rings is 1. The minimum Gasteiger partial charge on any atom is -0.461 e. The van der Waals surface area contributed by atoms with Gasteiger partial charge in [0.15, 0.2) is 6.10 Å². The van der Waals surface area contributed by atoms with Crippen LogP contribution < -0.4 is 10.6 Å². The molecule has 0 saturated heterocycles. The lowest BCUT2D eigenvalue weighted by Gasteiger charge is -2.24. The maximum absolute atomic E-state index is 13.2. The third kappa shape index (κ3) is 10.1. The largest absolute Gasteiger partial charge is 0.461 e. The molecule has 2 N–H and O–H groups in total. The number of hydrogen-bond acceptors (Lipinski definition) is 8. The highest BCUT2D eigenvalue weighted by Gasteiger charge is 2.27. The monoisotopic (exact) mass is 529 g/mol. The Kier molecular flexibility index (Phi) is 12.5. The van der Waals surface area contributed by atoms with E-state index in [-0.39, 0.29) is 36.3 Å². The number of esters is 2. The van der Waals surface area contributed by atoms with Gasteiger partial charge in [0.1, 0.15) is 17.3 Å². The molecule has 0 bridgehead atoms. The van der Waals surface area contributed by atoms with E-state index in [0.717, 1.165) is 5.56 Å². The van der Waals surface area contributed by atoms with Crippen molar-refractivity contribution in [2.24, 2.45) is 11.8 Å². The first-order valence-electron chi connectivity index (χ1n) is 12.6. The molecule has 0 saturated carbocycles. The topological polar surface area (TPSA) is 107 Å². The molecule has 37 heavy (non-hydrogen) atoms. The van der Waals surface area contributed by atoms with Crippen LogP contribution in [0.2, 0.25) is 0 Å². The molecule has 0 radical (unpaired) electrons. The number of benzene rings is 1. The minimum atomic E-state index is -0.552. The van der Waals surface area contributed by atoms with E-state index in [1.54, 1.807) is 12.3 Å². The maximum Gasteiger partial charge on any atom is 0.309 e. The lowest BCUT2D eigenvalue weighted by molar-refractivity contribution is -0.148. The Bertz CT molecular complexity index is 1020. The van der Waals surface area contributed by atoms with Gasteiger partial charge < -0.3 is 20.1 Å². The van der Waals surface area contributed by atoms with Gasteiger partial charge in [-0.05, 0) is 31.4 Å². The first kappa shape index (κ1) is 30.2. The van der Waals surface area contributed by atoms with E-state index in [1.807, 2.05) is 37.4 Å². The lowest BCUT2D eigenvalue weighted by Crippen LogP contribution is -2.39. The Morgan fingerprint density at radius 3 is 2.43 bits per heavy atom. The Morgan fingerprint density at radius 1 is 1.14 bits per heavy atom. The number of aromatic nitrogens is 1. The van der Waals surface area contributed by atoms with Crippen molar-refractivity contribution in [1.29, 1.82) is 0 Å². The molecule has 0 aliphatic rings. The number of hydrogen-bond donors (Lipinski definition) is 2. The van der Waals surface area contributed by atoms with Gasteiger partial charge in [0.25, 0.3) is 5.91 Å². The molecule has 0 aliphatic heterocycles. The fourth-order valence-electron chi connectivity index (χ4n) is 4.05. The zero-order valence-corrected chi connectivity index (χ0v) is 23.2. The standard InChI is InChI=1S/C28H39N3O5S/c1-7-13-35-28(34)19(4)14-22(15-21-11-9-8-10-12-21)30-26(33)24-17-37-27(31-24)25(36-20(5)32)16-23(29-6)18(2)3/h7-12,17-19,22-23,25,29H,1,13-16H2,2-6H3,(H,30,33)/t19-,22+,23+,25+/m0/s1. The van der Waals surface area contributed by atoms with Crippen molar-refractivity contribution >= 4 is 29.2 Å². The van der Waals surface area contributed by atoms with Crippen LogP contribution in [0.25, 0.3) is 0 Å². The van der Waals surface area contributed by atoms with Gasteiger partial charge in [-0.25, -0.2) is 4.98 Å². The van der Waals surface area contributed by atoms with Crippen LogP contribution in [0.3, 0.4) is 0 Å². The zero-order valence-electron chi connectivity index (χ0n) is 22.4. The molecule has 0 fully saturated rings. The summed E-state index contributed by atoms with van der Waals surface area (Å²) in [6.45, 7) is 11.1. The highest BCUT2D eigenvalue weighted by Crippen LogP contribution is 2.28. The smallest absolute Gasteiger partial charge is 0.309 e. The first-order chi connectivity index (χ1) is 17.6. The SMILES string of the molecule is C=CCOC(=O)[C@@H](C)C[C@H](Cc1ccccc1)NC(=O)c1csc([C@@H](C[C@@H](NC)C(C)C)OC(C)=O)n1. The second-order valence-corrected chi connectivity index (χ2v) is 10.3. The Morgan fingerprint density at radius 2 is 1.84 bits per heavy atom. The number of rotatable bonds is 15. The first-order valence-corrected chi connectivity index (χ1v) is 13.4. The summed E-state index contributed by atoms with van der Waals surface area (Å²) in [5.41, 5.74) is 1.29. The quantitative estimate of drug-likeness (QED) is 0.259. The Labute approximate surface area is 223 Å². The molecule has 2 aromatic rings.